The molecular formula is C17H18FN3O2. The van der Waals surface area contributed by atoms with Crippen molar-refractivity contribution in [3.8, 4) is 0 Å². The van der Waals surface area contributed by atoms with Crippen LogP contribution in [0, 0.1) is 5.82 Å². The Morgan fingerprint density at radius 3 is 2.74 bits per heavy atom. The van der Waals surface area contributed by atoms with E-state index >= 15 is 0 Å². The van der Waals surface area contributed by atoms with Gasteiger partial charge >= 0.3 is 5.97 Å². The predicted molar refractivity (Wildman–Crippen MR) is 86.6 cm³/mol. The maximum Gasteiger partial charge on any atom is 0.354 e. The molecule has 1 saturated heterocycles. The molecule has 1 fully saturated rings. The van der Waals surface area contributed by atoms with Gasteiger partial charge in [0.05, 0.1) is 0 Å². The zero-order chi connectivity index (χ0) is 16.4. The van der Waals surface area contributed by atoms with Gasteiger partial charge in [-0.25, -0.2) is 14.2 Å². The molecule has 1 aromatic carbocycles. The highest BCUT2D eigenvalue weighted by molar-refractivity contribution is 5.85. The molecule has 1 aromatic heterocycles. The molecule has 2 aromatic rings. The Morgan fingerprint density at radius 1 is 1.26 bits per heavy atom. The molecule has 0 radical (unpaired) electrons. The van der Waals surface area contributed by atoms with Gasteiger partial charge in [0.1, 0.15) is 11.6 Å². The van der Waals surface area contributed by atoms with Crippen LogP contribution in [0.5, 0.6) is 0 Å². The lowest BCUT2D eigenvalue weighted by Crippen LogP contribution is -2.52. The number of carboxylic acids is 1. The summed E-state index contributed by atoms with van der Waals surface area (Å²) in [6.07, 6.45) is 0. The molecule has 1 unspecified atom stereocenters. The van der Waals surface area contributed by atoms with Gasteiger partial charge in [-0.2, -0.15) is 0 Å². The number of rotatable bonds is 3. The van der Waals surface area contributed by atoms with Gasteiger partial charge in [0, 0.05) is 31.4 Å². The van der Waals surface area contributed by atoms with Crippen molar-refractivity contribution in [2.75, 3.05) is 29.4 Å². The molecule has 23 heavy (non-hydrogen) atoms. The van der Waals surface area contributed by atoms with E-state index in [0.717, 1.165) is 18.8 Å². The summed E-state index contributed by atoms with van der Waals surface area (Å²) in [6.45, 7) is 4.21. The summed E-state index contributed by atoms with van der Waals surface area (Å²) in [5.74, 6) is -0.609. The zero-order valence-electron chi connectivity index (χ0n) is 12.8. The predicted octanol–water partition coefficient (Wildman–Crippen LogP) is 2.63. The van der Waals surface area contributed by atoms with Gasteiger partial charge in [0.25, 0.3) is 0 Å². The molecule has 2 heterocycles. The maximum atomic E-state index is 13.4. The van der Waals surface area contributed by atoms with Crippen molar-refractivity contribution in [3.05, 3.63) is 54.0 Å². The standard InChI is InChI=1S/C17H18FN3O2/c1-12-11-20(14-5-2-4-13(18)10-14)8-9-21(12)16-7-3-6-15(19-16)17(22)23/h2-7,10,12H,8-9,11H2,1H3,(H,22,23). The van der Waals surface area contributed by atoms with Crippen molar-refractivity contribution in [2.24, 2.45) is 0 Å². The maximum absolute atomic E-state index is 13.4. The van der Waals surface area contributed by atoms with E-state index in [-0.39, 0.29) is 17.6 Å². The minimum Gasteiger partial charge on any atom is -0.477 e. The number of pyridine rings is 1. The van der Waals surface area contributed by atoms with Crippen LogP contribution < -0.4 is 9.80 Å². The van der Waals surface area contributed by atoms with Crippen LogP contribution in [0.4, 0.5) is 15.9 Å². The van der Waals surface area contributed by atoms with Gasteiger partial charge in [-0.15, -0.1) is 0 Å². The largest absolute Gasteiger partial charge is 0.477 e. The summed E-state index contributed by atoms with van der Waals surface area (Å²) >= 11 is 0. The van der Waals surface area contributed by atoms with Crippen molar-refractivity contribution in [1.29, 1.82) is 0 Å². The van der Waals surface area contributed by atoms with Crippen LogP contribution in [0.25, 0.3) is 0 Å². The van der Waals surface area contributed by atoms with Gasteiger partial charge in [-0.3, -0.25) is 0 Å². The molecule has 5 nitrogen and oxygen atoms in total. The second-order valence-electron chi connectivity index (χ2n) is 5.65. The average Bonchev–Trinajstić information content (AvgIpc) is 2.55. The number of piperazine rings is 1. The van der Waals surface area contributed by atoms with Gasteiger partial charge < -0.3 is 14.9 Å². The van der Waals surface area contributed by atoms with Crippen LogP contribution in [-0.2, 0) is 0 Å². The summed E-state index contributed by atoms with van der Waals surface area (Å²) in [7, 11) is 0. The number of nitrogens with zero attached hydrogens (tertiary/aromatic N) is 3. The topological polar surface area (TPSA) is 56.7 Å². The molecular weight excluding hydrogens is 297 g/mol. The third kappa shape index (κ3) is 3.26. The second-order valence-corrected chi connectivity index (χ2v) is 5.65. The smallest absolute Gasteiger partial charge is 0.354 e. The number of hydrogen-bond acceptors (Lipinski definition) is 4. The Labute approximate surface area is 134 Å². The quantitative estimate of drug-likeness (QED) is 0.943. The van der Waals surface area contributed by atoms with Crippen molar-refractivity contribution in [1.82, 2.24) is 4.98 Å². The Kier molecular flexibility index (Phi) is 4.14. The summed E-state index contributed by atoms with van der Waals surface area (Å²) in [5.41, 5.74) is 0.908. The Balaban J connectivity index is 1.76. The molecule has 1 N–H and O–H groups in total. The Hall–Kier alpha value is -2.63. The first-order chi connectivity index (χ1) is 11.0. The first-order valence-electron chi connectivity index (χ1n) is 7.52. The Morgan fingerprint density at radius 2 is 2.04 bits per heavy atom. The highest BCUT2D eigenvalue weighted by Gasteiger charge is 2.25. The third-order valence-corrected chi connectivity index (χ3v) is 4.05. The number of hydrogen-bond donors (Lipinski definition) is 1. The van der Waals surface area contributed by atoms with E-state index in [2.05, 4.69) is 21.7 Å². The van der Waals surface area contributed by atoms with Crippen molar-refractivity contribution in [3.63, 3.8) is 0 Å². The second kappa shape index (κ2) is 6.24. The summed E-state index contributed by atoms with van der Waals surface area (Å²) in [6, 6.07) is 11.7. The van der Waals surface area contributed by atoms with E-state index in [0.29, 0.717) is 12.4 Å². The van der Waals surface area contributed by atoms with Crippen LogP contribution in [0.1, 0.15) is 17.4 Å². The number of halogens is 1. The van der Waals surface area contributed by atoms with E-state index in [1.807, 2.05) is 12.1 Å². The summed E-state index contributed by atoms with van der Waals surface area (Å²) in [4.78, 5) is 19.5. The number of anilines is 2. The third-order valence-electron chi connectivity index (χ3n) is 4.05. The number of carbonyl (C=O) groups is 1. The average molecular weight is 315 g/mol. The fraction of sp³-hybridized carbons (Fsp3) is 0.294. The van der Waals surface area contributed by atoms with Crippen LogP contribution in [0.3, 0.4) is 0 Å². The molecule has 3 rings (SSSR count). The summed E-state index contributed by atoms with van der Waals surface area (Å²) < 4.78 is 13.4. The fourth-order valence-electron chi connectivity index (χ4n) is 2.91. The van der Waals surface area contributed by atoms with Gasteiger partial charge in [0.2, 0.25) is 0 Å². The molecule has 0 spiro atoms. The molecule has 120 valence electrons. The van der Waals surface area contributed by atoms with Crippen LogP contribution >= 0.6 is 0 Å². The molecule has 1 aliphatic heterocycles. The normalized spacial score (nSPS) is 18.1. The van der Waals surface area contributed by atoms with Gasteiger partial charge in [-0.1, -0.05) is 12.1 Å². The number of benzene rings is 1. The lowest BCUT2D eigenvalue weighted by molar-refractivity contribution is 0.0690. The van der Waals surface area contributed by atoms with Gasteiger partial charge in [-0.05, 0) is 37.3 Å². The van der Waals surface area contributed by atoms with Crippen LogP contribution in [-0.4, -0.2) is 41.7 Å². The van der Waals surface area contributed by atoms with Crippen LogP contribution in [0.2, 0.25) is 0 Å². The van der Waals surface area contributed by atoms with E-state index in [1.54, 1.807) is 12.1 Å². The van der Waals surface area contributed by atoms with E-state index in [9.17, 15) is 9.18 Å². The van der Waals surface area contributed by atoms with Crippen molar-refractivity contribution < 1.29 is 14.3 Å². The first kappa shape index (κ1) is 15.3. The lowest BCUT2D eigenvalue weighted by Gasteiger charge is -2.41. The summed E-state index contributed by atoms with van der Waals surface area (Å²) in [5, 5.41) is 9.07. The highest BCUT2D eigenvalue weighted by atomic mass is 19.1. The SMILES string of the molecule is CC1CN(c2cccc(F)c2)CCN1c1cccc(C(=O)O)n1. The zero-order valence-corrected chi connectivity index (χ0v) is 12.8. The molecule has 0 saturated carbocycles. The fourth-order valence-corrected chi connectivity index (χ4v) is 2.91. The molecule has 1 aliphatic rings. The first-order valence-corrected chi connectivity index (χ1v) is 7.52. The van der Waals surface area contributed by atoms with E-state index in [1.165, 1.54) is 18.2 Å². The number of aromatic carboxylic acids is 1. The van der Waals surface area contributed by atoms with Crippen molar-refractivity contribution >= 4 is 17.5 Å². The van der Waals surface area contributed by atoms with Crippen LogP contribution in [0.15, 0.2) is 42.5 Å². The minimum atomic E-state index is -1.03. The van der Waals surface area contributed by atoms with Crippen molar-refractivity contribution in [2.45, 2.75) is 13.0 Å². The molecule has 6 heteroatoms. The lowest BCUT2D eigenvalue weighted by atomic mass is 10.1. The molecule has 0 amide bonds. The van der Waals surface area contributed by atoms with E-state index in [4.69, 9.17) is 5.11 Å². The molecule has 1 atom stereocenters. The van der Waals surface area contributed by atoms with E-state index < -0.39 is 5.97 Å². The monoisotopic (exact) mass is 315 g/mol. The highest BCUT2D eigenvalue weighted by Crippen LogP contribution is 2.23. The van der Waals surface area contributed by atoms with Gasteiger partial charge in [0.15, 0.2) is 5.69 Å². The Bertz CT molecular complexity index is 722. The minimum absolute atomic E-state index is 0.0438. The number of aromatic nitrogens is 1. The molecule has 0 aliphatic carbocycles. The molecule has 0 bridgehead atoms. The number of carboxylic acid groups (broad SMARTS) is 1.